The van der Waals surface area contributed by atoms with Crippen molar-refractivity contribution in [1.29, 1.82) is 0 Å². The van der Waals surface area contributed by atoms with E-state index in [1.807, 2.05) is 24.2 Å². The van der Waals surface area contributed by atoms with E-state index in [1.165, 1.54) is 33.4 Å². The van der Waals surface area contributed by atoms with Gasteiger partial charge in [0.1, 0.15) is 0 Å². The predicted molar refractivity (Wildman–Crippen MR) is 115 cm³/mol. The van der Waals surface area contributed by atoms with E-state index in [4.69, 9.17) is 0 Å². The van der Waals surface area contributed by atoms with Crippen LogP contribution in [0.25, 0.3) is 0 Å². The van der Waals surface area contributed by atoms with Gasteiger partial charge in [-0.05, 0) is 63.8 Å². The molecule has 132 valence electrons. The van der Waals surface area contributed by atoms with Gasteiger partial charge < -0.3 is 0 Å². The molecule has 0 N–H and O–H groups in total. The number of hydrogen-bond donors (Lipinski definition) is 0. The van der Waals surface area contributed by atoms with Gasteiger partial charge in [0, 0.05) is 23.9 Å². The van der Waals surface area contributed by atoms with Crippen LogP contribution in [0.2, 0.25) is 0 Å². The number of hydrogen-bond acceptors (Lipinski definition) is 3. The smallest absolute Gasteiger partial charge is 0.0684 e. The lowest BCUT2D eigenvalue weighted by molar-refractivity contribution is 1.29. The Morgan fingerprint density at radius 3 is 1.28 bits per heavy atom. The van der Waals surface area contributed by atoms with Crippen LogP contribution in [0, 0.1) is 41.5 Å². The first-order valence-corrected chi connectivity index (χ1v) is 9.82. The number of nitrogens with zero attached hydrogens (tertiary/aromatic N) is 2. The second kappa shape index (κ2) is 9.00. The minimum atomic E-state index is 0.893. The zero-order valence-electron chi connectivity index (χ0n) is 16.2. The highest BCUT2D eigenvalue weighted by molar-refractivity contribution is 8.00. The molecule has 0 aromatic heterocycles. The molecule has 2 aromatic carbocycles. The molecule has 0 spiro atoms. The minimum absolute atomic E-state index is 0.893. The molecule has 0 aliphatic rings. The molecule has 0 unspecified atom stereocenters. The van der Waals surface area contributed by atoms with E-state index >= 15 is 0 Å². The Hall–Kier alpha value is -1.87. The standard InChI is InChI=1S/C22H28N2S/c1-15-11-17(3)21(18(4)12-15)23-7-9-25-10-8-24-22-19(5)13-16(2)14-20(22)6/h7-8,11-14H,9-10H2,1-6H3. The summed E-state index contributed by atoms with van der Waals surface area (Å²) >= 11 is 1.82. The molecule has 25 heavy (non-hydrogen) atoms. The van der Waals surface area contributed by atoms with Crippen molar-refractivity contribution in [2.24, 2.45) is 9.98 Å². The maximum absolute atomic E-state index is 4.65. The molecule has 0 heterocycles. The van der Waals surface area contributed by atoms with Gasteiger partial charge in [0.15, 0.2) is 0 Å². The average Bonchev–Trinajstić information content (AvgIpc) is 2.50. The molecule has 0 fully saturated rings. The topological polar surface area (TPSA) is 24.7 Å². The summed E-state index contributed by atoms with van der Waals surface area (Å²) in [6.45, 7) is 12.7. The van der Waals surface area contributed by atoms with Crippen LogP contribution >= 0.6 is 11.8 Å². The lowest BCUT2D eigenvalue weighted by Gasteiger charge is -2.06. The van der Waals surface area contributed by atoms with Crippen LogP contribution in [0.4, 0.5) is 11.4 Å². The Bertz CT molecular complexity index is 690. The first-order valence-electron chi connectivity index (χ1n) is 8.67. The molecule has 0 saturated heterocycles. The van der Waals surface area contributed by atoms with Crippen LogP contribution in [-0.4, -0.2) is 23.9 Å². The minimum Gasteiger partial charge on any atom is -0.260 e. The van der Waals surface area contributed by atoms with E-state index < -0.39 is 0 Å². The Labute approximate surface area is 156 Å². The van der Waals surface area contributed by atoms with Crippen molar-refractivity contribution in [3.05, 3.63) is 57.6 Å². The van der Waals surface area contributed by atoms with Crippen LogP contribution in [0.3, 0.4) is 0 Å². The molecule has 0 radical (unpaired) electrons. The SMILES string of the molecule is Cc1cc(C)c(N=CCSCC=Nc2c(C)cc(C)cc2C)c(C)c1. The molecule has 0 aliphatic carbocycles. The summed E-state index contributed by atoms with van der Waals surface area (Å²) in [6, 6.07) is 8.74. The lowest BCUT2D eigenvalue weighted by atomic mass is 10.1. The van der Waals surface area contributed by atoms with Crippen molar-refractivity contribution in [3.8, 4) is 0 Å². The summed E-state index contributed by atoms with van der Waals surface area (Å²) in [6.07, 6.45) is 4.01. The second-order valence-electron chi connectivity index (χ2n) is 6.66. The maximum Gasteiger partial charge on any atom is 0.0684 e. The average molecular weight is 353 g/mol. The number of aryl methyl sites for hydroxylation is 6. The summed E-state index contributed by atoms with van der Waals surface area (Å²) in [5.41, 5.74) is 9.76. The number of aliphatic imine (C=N–C) groups is 2. The molecule has 0 aliphatic heterocycles. The molecule has 2 aromatic rings. The van der Waals surface area contributed by atoms with Crippen molar-refractivity contribution in [2.45, 2.75) is 41.5 Å². The summed E-state index contributed by atoms with van der Waals surface area (Å²) in [5.74, 6) is 1.79. The second-order valence-corrected chi connectivity index (χ2v) is 7.73. The van der Waals surface area contributed by atoms with Gasteiger partial charge in [0.25, 0.3) is 0 Å². The highest BCUT2D eigenvalue weighted by Crippen LogP contribution is 2.25. The number of benzene rings is 2. The molecule has 3 heteroatoms. The Morgan fingerprint density at radius 1 is 0.640 bits per heavy atom. The van der Waals surface area contributed by atoms with Crippen LogP contribution in [-0.2, 0) is 0 Å². The lowest BCUT2D eigenvalue weighted by Crippen LogP contribution is -1.89. The monoisotopic (exact) mass is 352 g/mol. The molecule has 0 amide bonds. The van der Waals surface area contributed by atoms with E-state index in [0.717, 1.165) is 22.9 Å². The zero-order valence-corrected chi connectivity index (χ0v) is 17.0. The summed E-state index contributed by atoms with van der Waals surface area (Å²) in [5, 5.41) is 0. The fraction of sp³-hybridized carbons (Fsp3) is 0.364. The molecule has 2 nitrogen and oxygen atoms in total. The van der Waals surface area contributed by atoms with E-state index in [1.54, 1.807) is 0 Å². The molecule has 2 rings (SSSR count). The Balaban J connectivity index is 1.86. The van der Waals surface area contributed by atoms with Crippen molar-refractivity contribution in [2.75, 3.05) is 11.5 Å². The van der Waals surface area contributed by atoms with E-state index in [0.29, 0.717) is 0 Å². The van der Waals surface area contributed by atoms with Gasteiger partial charge in [-0.1, -0.05) is 35.4 Å². The molecule has 0 atom stereocenters. The third kappa shape index (κ3) is 5.57. The summed E-state index contributed by atoms with van der Waals surface area (Å²) < 4.78 is 0. The summed E-state index contributed by atoms with van der Waals surface area (Å²) in [4.78, 5) is 9.30. The first kappa shape index (κ1) is 19.5. The molecule has 0 bridgehead atoms. The van der Waals surface area contributed by atoms with Crippen LogP contribution < -0.4 is 0 Å². The van der Waals surface area contributed by atoms with E-state index in [9.17, 15) is 0 Å². The van der Waals surface area contributed by atoms with Crippen LogP contribution in [0.15, 0.2) is 34.3 Å². The van der Waals surface area contributed by atoms with Crippen molar-refractivity contribution >= 4 is 35.6 Å². The molecular weight excluding hydrogens is 324 g/mol. The third-order valence-corrected chi connectivity index (χ3v) is 4.87. The van der Waals surface area contributed by atoms with Gasteiger partial charge in [-0.15, -0.1) is 0 Å². The fourth-order valence-corrected chi connectivity index (χ4v) is 3.68. The van der Waals surface area contributed by atoms with Gasteiger partial charge in [-0.25, -0.2) is 0 Å². The number of thioether (sulfide) groups is 1. The largest absolute Gasteiger partial charge is 0.260 e. The van der Waals surface area contributed by atoms with E-state index in [2.05, 4.69) is 75.8 Å². The Morgan fingerprint density at radius 2 is 0.960 bits per heavy atom. The predicted octanol–water partition coefficient (Wildman–Crippen LogP) is 6.38. The van der Waals surface area contributed by atoms with Gasteiger partial charge in [-0.3, -0.25) is 9.98 Å². The number of rotatable bonds is 6. The highest BCUT2D eigenvalue weighted by Gasteiger charge is 2.02. The van der Waals surface area contributed by atoms with Gasteiger partial charge >= 0.3 is 0 Å². The van der Waals surface area contributed by atoms with Gasteiger partial charge in [0.05, 0.1) is 11.4 Å². The summed E-state index contributed by atoms with van der Waals surface area (Å²) in [7, 11) is 0. The maximum atomic E-state index is 4.65. The van der Waals surface area contributed by atoms with Crippen molar-refractivity contribution in [3.63, 3.8) is 0 Å². The van der Waals surface area contributed by atoms with Crippen molar-refractivity contribution in [1.82, 2.24) is 0 Å². The van der Waals surface area contributed by atoms with Gasteiger partial charge in [-0.2, -0.15) is 11.8 Å². The molecule has 0 saturated carbocycles. The normalized spacial score (nSPS) is 11.8. The first-order chi connectivity index (χ1) is 11.9. The van der Waals surface area contributed by atoms with Crippen LogP contribution in [0.5, 0.6) is 0 Å². The Kier molecular flexibility index (Phi) is 7.01. The van der Waals surface area contributed by atoms with Crippen LogP contribution in [0.1, 0.15) is 33.4 Å². The molecular formula is C22H28N2S. The highest BCUT2D eigenvalue weighted by atomic mass is 32.2. The van der Waals surface area contributed by atoms with Gasteiger partial charge in [0.2, 0.25) is 0 Å². The zero-order chi connectivity index (χ0) is 18.4. The van der Waals surface area contributed by atoms with Crippen molar-refractivity contribution < 1.29 is 0 Å². The third-order valence-electron chi connectivity index (χ3n) is 4.10. The van der Waals surface area contributed by atoms with E-state index in [-0.39, 0.29) is 0 Å². The fourth-order valence-electron chi connectivity index (χ4n) is 3.18. The quantitative estimate of drug-likeness (QED) is 0.437.